The molecule has 0 atom stereocenters. The molecular formula is C31H27N3O4. The summed E-state index contributed by atoms with van der Waals surface area (Å²) in [7, 11) is 0. The molecule has 1 aromatic heterocycles. The molecule has 0 fully saturated rings. The smallest absolute Gasteiger partial charge is 0.310 e. The first-order valence-electron chi connectivity index (χ1n) is 12.3. The van der Waals surface area contributed by atoms with Crippen LogP contribution < -0.4 is 4.74 Å². The van der Waals surface area contributed by atoms with E-state index in [0.717, 1.165) is 22.4 Å². The number of imidazole rings is 1. The minimum absolute atomic E-state index is 0.133. The Bertz CT molecular complexity index is 1410. The molecule has 0 unspecified atom stereocenters. The Balaban J connectivity index is 1.51. The van der Waals surface area contributed by atoms with Gasteiger partial charge < -0.3 is 14.4 Å². The SMILES string of the molecule is O=[N+]([O-])c1ccc(CO)cc1OCCc1cn(C(c2ccccc2)(c2ccccc2)c2ccccc2)cn1. The predicted molar refractivity (Wildman–Crippen MR) is 145 cm³/mol. The van der Waals surface area contributed by atoms with E-state index in [4.69, 9.17) is 9.72 Å². The van der Waals surface area contributed by atoms with Crippen LogP contribution in [0.5, 0.6) is 5.75 Å². The van der Waals surface area contributed by atoms with Gasteiger partial charge in [0.25, 0.3) is 0 Å². The molecule has 0 bridgehead atoms. The van der Waals surface area contributed by atoms with Crippen LogP contribution in [0.3, 0.4) is 0 Å². The molecule has 0 spiro atoms. The molecule has 5 aromatic rings. The van der Waals surface area contributed by atoms with Crippen LogP contribution in [0.1, 0.15) is 27.9 Å². The fourth-order valence-corrected chi connectivity index (χ4v) is 4.85. The van der Waals surface area contributed by atoms with Gasteiger partial charge in [-0.15, -0.1) is 0 Å². The van der Waals surface area contributed by atoms with Crippen molar-refractivity contribution in [3.05, 3.63) is 160 Å². The highest BCUT2D eigenvalue weighted by atomic mass is 16.6. The van der Waals surface area contributed by atoms with E-state index in [1.165, 1.54) is 18.2 Å². The van der Waals surface area contributed by atoms with Crippen LogP contribution in [0.2, 0.25) is 0 Å². The second-order valence-electron chi connectivity index (χ2n) is 8.90. The van der Waals surface area contributed by atoms with Crippen molar-refractivity contribution in [2.24, 2.45) is 0 Å². The van der Waals surface area contributed by atoms with E-state index in [-0.39, 0.29) is 24.7 Å². The minimum Gasteiger partial charge on any atom is -0.486 e. The molecule has 0 saturated heterocycles. The Morgan fingerprint density at radius 3 is 1.89 bits per heavy atom. The molecule has 1 N–H and O–H groups in total. The van der Waals surface area contributed by atoms with Gasteiger partial charge in [0.05, 0.1) is 30.2 Å². The highest BCUT2D eigenvalue weighted by Crippen LogP contribution is 2.40. The normalized spacial score (nSPS) is 11.3. The van der Waals surface area contributed by atoms with Gasteiger partial charge in [-0.05, 0) is 34.4 Å². The van der Waals surface area contributed by atoms with Gasteiger partial charge in [-0.1, -0.05) is 91.0 Å². The van der Waals surface area contributed by atoms with E-state index in [1.54, 1.807) is 0 Å². The molecule has 7 nitrogen and oxygen atoms in total. The molecule has 0 saturated carbocycles. The zero-order valence-electron chi connectivity index (χ0n) is 20.7. The Hall–Kier alpha value is -4.75. The fourth-order valence-electron chi connectivity index (χ4n) is 4.85. The molecule has 190 valence electrons. The molecule has 4 aromatic carbocycles. The summed E-state index contributed by atoms with van der Waals surface area (Å²) in [6.45, 7) is -0.0267. The number of aliphatic hydroxyl groups excluding tert-OH is 1. The van der Waals surface area contributed by atoms with Crippen molar-refractivity contribution in [2.45, 2.75) is 18.6 Å². The van der Waals surface area contributed by atoms with Crippen molar-refractivity contribution in [1.29, 1.82) is 0 Å². The summed E-state index contributed by atoms with van der Waals surface area (Å²) in [4.78, 5) is 15.6. The number of benzene rings is 4. The van der Waals surface area contributed by atoms with E-state index < -0.39 is 10.5 Å². The Labute approximate surface area is 220 Å². The van der Waals surface area contributed by atoms with Gasteiger partial charge in [0.15, 0.2) is 5.75 Å². The number of aliphatic hydroxyl groups is 1. The number of aromatic nitrogens is 2. The molecule has 0 aliphatic rings. The van der Waals surface area contributed by atoms with Crippen molar-refractivity contribution < 1.29 is 14.8 Å². The number of rotatable bonds is 10. The maximum absolute atomic E-state index is 11.4. The van der Waals surface area contributed by atoms with Crippen LogP contribution in [0, 0.1) is 10.1 Å². The zero-order chi connectivity index (χ0) is 26.4. The average molecular weight is 506 g/mol. The Morgan fingerprint density at radius 2 is 1.39 bits per heavy atom. The van der Waals surface area contributed by atoms with E-state index in [2.05, 4.69) is 41.0 Å². The van der Waals surface area contributed by atoms with Crippen LogP contribution in [-0.4, -0.2) is 26.2 Å². The van der Waals surface area contributed by atoms with Gasteiger partial charge in [-0.3, -0.25) is 10.1 Å². The summed E-state index contributed by atoms with van der Waals surface area (Å²) in [5.74, 6) is 0.133. The second kappa shape index (κ2) is 11.1. The first kappa shape index (κ1) is 24.9. The van der Waals surface area contributed by atoms with E-state index in [0.29, 0.717) is 12.0 Å². The van der Waals surface area contributed by atoms with Gasteiger partial charge in [0.2, 0.25) is 0 Å². The predicted octanol–water partition coefficient (Wildman–Crippen LogP) is 5.75. The third kappa shape index (κ3) is 4.79. The minimum atomic E-state index is -0.663. The first-order chi connectivity index (χ1) is 18.6. The van der Waals surface area contributed by atoms with Crippen molar-refractivity contribution in [3.63, 3.8) is 0 Å². The molecule has 0 amide bonds. The van der Waals surface area contributed by atoms with Crippen LogP contribution >= 0.6 is 0 Å². The van der Waals surface area contributed by atoms with E-state index in [1.807, 2.05) is 67.1 Å². The molecule has 1 heterocycles. The lowest BCUT2D eigenvalue weighted by atomic mass is 9.77. The van der Waals surface area contributed by atoms with Gasteiger partial charge >= 0.3 is 5.69 Å². The van der Waals surface area contributed by atoms with Crippen LogP contribution in [0.25, 0.3) is 0 Å². The molecule has 7 heteroatoms. The van der Waals surface area contributed by atoms with Crippen molar-refractivity contribution in [3.8, 4) is 5.75 Å². The average Bonchev–Trinajstić information content (AvgIpc) is 3.44. The molecule has 0 radical (unpaired) electrons. The number of nitro groups is 1. The molecule has 0 aliphatic carbocycles. The molecule has 38 heavy (non-hydrogen) atoms. The van der Waals surface area contributed by atoms with Gasteiger partial charge in [0.1, 0.15) is 5.54 Å². The number of nitro benzene ring substituents is 1. The summed E-state index contributed by atoms with van der Waals surface area (Å²) < 4.78 is 7.91. The highest BCUT2D eigenvalue weighted by Gasteiger charge is 2.38. The van der Waals surface area contributed by atoms with E-state index >= 15 is 0 Å². The van der Waals surface area contributed by atoms with Crippen molar-refractivity contribution >= 4 is 5.69 Å². The Morgan fingerprint density at radius 1 is 0.842 bits per heavy atom. The van der Waals surface area contributed by atoms with Crippen LogP contribution in [-0.2, 0) is 18.6 Å². The molecule has 5 rings (SSSR count). The van der Waals surface area contributed by atoms with Gasteiger partial charge in [-0.25, -0.2) is 4.98 Å². The van der Waals surface area contributed by atoms with Crippen LogP contribution in [0.15, 0.2) is 122 Å². The third-order valence-electron chi connectivity index (χ3n) is 6.62. The summed E-state index contributed by atoms with van der Waals surface area (Å²) in [6.07, 6.45) is 4.29. The fraction of sp³-hybridized carbons (Fsp3) is 0.129. The lowest BCUT2D eigenvalue weighted by Crippen LogP contribution is -2.36. The quantitative estimate of drug-likeness (QED) is 0.148. The number of nitrogens with zero attached hydrogens (tertiary/aromatic N) is 3. The summed E-state index contributed by atoms with van der Waals surface area (Å²) in [5, 5.41) is 20.8. The zero-order valence-corrected chi connectivity index (χ0v) is 20.7. The van der Waals surface area contributed by atoms with Crippen LogP contribution in [0.4, 0.5) is 5.69 Å². The third-order valence-corrected chi connectivity index (χ3v) is 6.62. The lowest BCUT2D eigenvalue weighted by molar-refractivity contribution is -0.385. The highest BCUT2D eigenvalue weighted by molar-refractivity contribution is 5.51. The maximum atomic E-state index is 11.4. The topological polar surface area (TPSA) is 90.4 Å². The lowest BCUT2D eigenvalue weighted by Gasteiger charge is -2.37. The second-order valence-corrected chi connectivity index (χ2v) is 8.90. The van der Waals surface area contributed by atoms with Gasteiger partial charge in [-0.2, -0.15) is 0 Å². The number of hydrogen-bond donors (Lipinski definition) is 1. The largest absolute Gasteiger partial charge is 0.486 e. The molecular weight excluding hydrogens is 478 g/mol. The van der Waals surface area contributed by atoms with E-state index in [9.17, 15) is 15.2 Å². The summed E-state index contributed by atoms with van der Waals surface area (Å²) in [5.41, 5.74) is 3.82. The standard InChI is InChI=1S/C31H27N3O4/c35-22-24-16-17-29(34(36)37)30(20-24)38-19-18-28-21-33(23-32-28)31(25-10-4-1-5-11-25,26-12-6-2-7-13-26)27-14-8-3-9-15-27/h1-17,20-21,23,35H,18-19,22H2. The van der Waals surface area contributed by atoms with Gasteiger partial charge in [0, 0.05) is 18.7 Å². The maximum Gasteiger partial charge on any atom is 0.310 e. The summed E-state index contributed by atoms with van der Waals surface area (Å²) >= 11 is 0. The Kier molecular flexibility index (Phi) is 7.28. The number of ether oxygens (including phenoxy) is 1. The number of hydrogen-bond acceptors (Lipinski definition) is 5. The van der Waals surface area contributed by atoms with Crippen molar-refractivity contribution in [1.82, 2.24) is 9.55 Å². The monoisotopic (exact) mass is 505 g/mol. The van der Waals surface area contributed by atoms with Crippen molar-refractivity contribution in [2.75, 3.05) is 6.61 Å². The first-order valence-corrected chi connectivity index (χ1v) is 12.3. The summed E-state index contributed by atoms with van der Waals surface area (Å²) in [6, 6.07) is 35.3. The molecule has 0 aliphatic heterocycles.